The number of nitrogens with one attached hydrogen (secondary N) is 3. The smallest absolute Gasteiger partial charge is 0.284 e. The molecule has 1 aliphatic heterocycles. The summed E-state index contributed by atoms with van der Waals surface area (Å²) in [6.45, 7) is -1.65. The second kappa shape index (κ2) is 6.63. The van der Waals surface area contributed by atoms with Gasteiger partial charge in [0.1, 0.15) is 5.66 Å². The minimum absolute atomic E-state index is 0.0578. The van der Waals surface area contributed by atoms with Crippen LogP contribution >= 0.6 is 23.2 Å². The fourth-order valence-electron chi connectivity index (χ4n) is 2.25. The van der Waals surface area contributed by atoms with E-state index in [0.29, 0.717) is 10.5 Å². The number of thiol groups is 1. The second-order valence-electron chi connectivity index (χ2n) is 4.95. The lowest BCUT2D eigenvalue weighted by atomic mass is 10.0. The quantitative estimate of drug-likeness (QED) is 0.458. The summed E-state index contributed by atoms with van der Waals surface area (Å²) in [6, 6.07) is 1.64. The van der Waals surface area contributed by atoms with Crippen LogP contribution < -0.4 is 15.6 Å². The first-order chi connectivity index (χ1) is 10.6. The van der Waals surface area contributed by atoms with Crippen molar-refractivity contribution in [1.82, 2.24) is 15.8 Å². The van der Waals surface area contributed by atoms with Gasteiger partial charge in [0.2, 0.25) is 10.9 Å². The van der Waals surface area contributed by atoms with E-state index < -0.39 is 29.1 Å². The van der Waals surface area contributed by atoms with Gasteiger partial charge in [-0.05, 0) is 24.6 Å². The first-order valence-corrected chi connectivity index (χ1v) is 8.11. The molecule has 0 saturated carbocycles. The number of hydrogen-bond acceptors (Lipinski definition) is 4. The predicted molar refractivity (Wildman–Crippen MR) is 82.0 cm³/mol. The first-order valence-electron chi connectivity index (χ1n) is 6.17. The minimum atomic E-state index is -3.03. The SMILES string of the molecule is CC1(Cc2cc(N[SH](=O)=O)c(Cl)cc2Cl)NNC(=O)N1C(F)F. The Kier molecular flexibility index (Phi) is 5.19. The Morgan fingerprint density at radius 3 is 2.57 bits per heavy atom. The Morgan fingerprint density at radius 1 is 1.35 bits per heavy atom. The molecule has 0 aromatic heterocycles. The molecule has 7 nitrogen and oxygen atoms in total. The van der Waals surface area contributed by atoms with Crippen molar-refractivity contribution in [2.24, 2.45) is 0 Å². The van der Waals surface area contributed by atoms with E-state index in [4.69, 9.17) is 23.2 Å². The van der Waals surface area contributed by atoms with Gasteiger partial charge in [-0.1, -0.05) is 23.2 Å². The molecule has 1 unspecified atom stereocenters. The Bertz CT molecular complexity index is 711. The van der Waals surface area contributed by atoms with Crippen molar-refractivity contribution in [2.45, 2.75) is 25.6 Å². The van der Waals surface area contributed by atoms with Gasteiger partial charge in [0.05, 0.1) is 10.7 Å². The highest BCUT2D eigenvalue weighted by atomic mass is 35.5. The van der Waals surface area contributed by atoms with E-state index in [2.05, 4.69) is 15.6 Å². The van der Waals surface area contributed by atoms with Gasteiger partial charge in [0.15, 0.2) is 0 Å². The lowest BCUT2D eigenvalue weighted by Gasteiger charge is -2.32. The van der Waals surface area contributed by atoms with Crippen LogP contribution in [0.3, 0.4) is 0 Å². The van der Waals surface area contributed by atoms with Crippen LogP contribution in [0.25, 0.3) is 0 Å². The Morgan fingerprint density at radius 2 is 2.00 bits per heavy atom. The molecule has 1 atom stereocenters. The second-order valence-corrected chi connectivity index (χ2v) is 6.50. The Hall–Kier alpha value is -1.36. The van der Waals surface area contributed by atoms with Crippen molar-refractivity contribution in [3.05, 3.63) is 27.7 Å². The molecule has 1 fully saturated rings. The molecule has 1 heterocycles. The standard InChI is InChI=1S/C11H12Cl2F2N4O3S/c1-11(18-16-10(20)19(11)9(14)15)4-5-2-8(17-23(21)22)7(13)3-6(5)12/h2-3,9,18,23H,4H2,1H3,(H,16,20)(H,17,21,22). The number of hydrazine groups is 1. The fourth-order valence-corrected chi connectivity index (χ4v) is 3.20. The van der Waals surface area contributed by atoms with Crippen molar-refractivity contribution in [3.63, 3.8) is 0 Å². The summed E-state index contributed by atoms with van der Waals surface area (Å²) in [5.41, 5.74) is 3.52. The van der Waals surface area contributed by atoms with Gasteiger partial charge in [-0.3, -0.25) is 10.1 Å². The van der Waals surface area contributed by atoms with Crippen LogP contribution in [-0.4, -0.2) is 31.6 Å². The summed E-state index contributed by atoms with van der Waals surface area (Å²) in [6.07, 6.45) is -0.115. The number of amides is 2. The minimum Gasteiger partial charge on any atom is -0.284 e. The summed E-state index contributed by atoms with van der Waals surface area (Å²) in [7, 11) is -2.96. The molecule has 23 heavy (non-hydrogen) atoms. The number of hydrogen-bond donors (Lipinski definition) is 4. The maximum atomic E-state index is 13.1. The normalized spacial score (nSPS) is 21.2. The molecule has 0 aliphatic carbocycles. The average Bonchev–Trinajstić information content (AvgIpc) is 2.70. The van der Waals surface area contributed by atoms with Gasteiger partial charge in [-0.15, -0.1) is 0 Å². The number of rotatable bonds is 5. The van der Waals surface area contributed by atoms with Crippen molar-refractivity contribution in [2.75, 3.05) is 4.72 Å². The molecule has 0 bridgehead atoms. The zero-order chi connectivity index (χ0) is 17.4. The number of halogens is 4. The van der Waals surface area contributed by atoms with Gasteiger partial charge >= 0.3 is 12.6 Å². The van der Waals surface area contributed by atoms with Gasteiger partial charge in [-0.2, -0.15) is 8.78 Å². The molecule has 2 amide bonds. The maximum absolute atomic E-state index is 13.1. The van der Waals surface area contributed by atoms with Gasteiger partial charge in [0.25, 0.3) is 0 Å². The number of nitrogens with zero attached hydrogens (tertiary/aromatic N) is 1. The third-order valence-corrected chi connectivity index (χ3v) is 4.35. The summed E-state index contributed by atoms with van der Waals surface area (Å²) in [5.74, 6) is 0. The van der Waals surface area contributed by atoms with E-state index in [1.54, 1.807) is 0 Å². The van der Waals surface area contributed by atoms with Crippen LogP contribution in [0.1, 0.15) is 12.5 Å². The maximum Gasteiger partial charge on any atom is 0.337 e. The number of anilines is 1. The number of carbonyl (C=O) groups is 1. The topological polar surface area (TPSA) is 90.5 Å². The molecular formula is C11H12Cl2F2N4O3S. The summed E-state index contributed by atoms with van der Waals surface area (Å²) < 4.78 is 49.8. The zero-order valence-corrected chi connectivity index (χ0v) is 14.0. The van der Waals surface area contributed by atoms with Crippen LogP contribution in [-0.2, 0) is 17.3 Å². The van der Waals surface area contributed by atoms with E-state index in [9.17, 15) is 22.0 Å². The van der Waals surface area contributed by atoms with Crippen molar-refractivity contribution >= 4 is 45.8 Å². The Balaban J connectivity index is 2.37. The van der Waals surface area contributed by atoms with Crippen molar-refractivity contribution in [3.8, 4) is 0 Å². The van der Waals surface area contributed by atoms with Crippen LogP contribution in [0.5, 0.6) is 0 Å². The third-order valence-electron chi connectivity index (χ3n) is 3.27. The lowest BCUT2D eigenvalue weighted by molar-refractivity contribution is -0.0453. The highest BCUT2D eigenvalue weighted by molar-refractivity contribution is 7.73. The largest absolute Gasteiger partial charge is 0.337 e. The molecule has 0 spiro atoms. The summed E-state index contributed by atoms with van der Waals surface area (Å²) >= 11 is 11.9. The average molecular weight is 389 g/mol. The summed E-state index contributed by atoms with van der Waals surface area (Å²) in [5, 5.41) is 0.209. The molecule has 1 aromatic rings. The number of urea groups is 1. The van der Waals surface area contributed by atoms with Crippen molar-refractivity contribution < 1.29 is 22.0 Å². The van der Waals surface area contributed by atoms with Crippen molar-refractivity contribution in [1.29, 1.82) is 0 Å². The van der Waals surface area contributed by atoms with Crippen LogP contribution in [0.2, 0.25) is 10.0 Å². The first kappa shape index (κ1) is 18.0. The van der Waals surface area contributed by atoms with Gasteiger partial charge in [0, 0.05) is 11.4 Å². The monoisotopic (exact) mass is 388 g/mol. The van der Waals surface area contributed by atoms with E-state index in [1.165, 1.54) is 19.1 Å². The molecule has 1 saturated heterocycles. The molecule has 1 aromatic carbocycles. The summed E-state index contributed by atoms with van der Waals surface area (Å²) in [4.78, 5) is 11.8. The van der Waals surface area contributed by atoms with E-state index in [-0.39, 0.29) is 22.2 Å². The molecule has 2 rings (SSSR count). The lowest BCUT2D eigenvalue weighted by Crippen LogP contribution is -2.53. The fraction of sp³-hybridized carbons (Fsp3) is 0.364. The van der Waals surface area contributed by atoms with E-state index in [0.717, 1.165) is 0 Å². The molecule has 1 aliphatic rings. The third kappa shape index (κ3) is 3.77. The molecule has 3 N–H and O–H groups in total. The van der Waals surface area contributed by atoms with Gasteiger partial charge in [-0.25, -0.2) is 23.5 Å². The Labute approximate surface area is 142 Å². The molecule has 128 valence electrons. The molecular weight excluding hydrogens is 377 g/mol. The van der Waals surface area contributed by atoms with E-state index >= 15 is 0 Å². The van der Waals surface area contributed by atoms with Gasteiger partial charge < -0.3 is 0 Å². The number of alkyl halides is 2. The highest BCUT2D eigenvalue weighted by Gasteiger charge is 2.46. The molecule has 12 heteroatoms. The number of benzene rings is 1. The number of carbonyl (C=O) groups excluding carboxylic acids is 1. The van der Waals surface area contributed by atoms with E-state index in [1.807, 2.05) is 0 Å². The van der Waals surface area contributed by atoms with Crippen LogP contribution in [0.15, 0.2) is 12.1 Å². The highest BCUT2D eigenvalue weighted by Crippen LogP contribution is 2.33. The van der Waals surface area contributed by atoms with Crippen LogP contribution in [0, 0.1) is 0 Å². The zero-order valence-electron chi connectivity index (χ0n) is 11.6. The molecule has 0 radical (unpaired) electrons. The van der Waals surface area contributed by atoms with Crippen LogP contribution in [0.4, 0.5) is 19.3 Å². The predicted octanol–water partition coefficient (Wildman–Crippen LogP) is 1.94.